The highest BCUT2D eigenvalue weighted by Gasteiger charge is 2.52. The number of thiazole rings is 1. The van der Waals surface area contributed by atoms with Crippen LogP contribution in [-0.2, 0) is 20.6 Å². The van der Waals surface area contributed by atoms with E-state index in [9.17, 15) is 4.79 Å². The van der Waals surface area contributed by atoms with Crippen molar-refractivity contribution < 1.29 is 23.6 Å². The van der Waals surface area contributed by atoms with Crippen LogP contribution in [0.3, 0.4) is 0 Å². The molecular formula is C28H34BN5O5S. The summed E-state index contributed by atoms with van der Waals surface area (Å²) >= 11 is 1.30. The van der Waals surface area contributed by atoms with E-state index in [2.05, 4.69) is 14.9 Å². The average molecular weight is 563 g/mol. The SMILES string of the molecule is CC(C)(C)OC(=O)Nc1nc2ccc(-c3nc4cc(B5OC(C)(C)C(C)(C)O5)cc5c4n3CCCCO5)nc2s1. The molecule has 1 N–H and O–H groups in total. The number of amides is 1. The first-order valence-corrected chi connectivity index (χ1v) is 14.4. The van der Waals surface area contributed by atoms with Gasteiger partial charge >= 0.3 is 13.2 Å². The predicted octanol–water partition coefficient (Wildman–Crippen LogP) is 5.53. The zero-order valence-electron chi connectivity index (χ0n) is 24.0. The van der Waals surface area contributed by atoms with Crippen molar-refractivity contribution in [3.8, 4) is 17.3 Å². The monoisotopic (exact) mass is 563 g/mol. The molecule has 40 heavy (non-hydrogen) atoms. The van der Waals surface area contributed by atoms with Crippen LogP contribution in [0.25, 0.3) is 32.9 Å². The number of aromatic nitrogens is 4. The Labute approximate surface area is 237 Å². The van der Waals surface area contributed by atoms with Crippen LogP contribution in [0.2, 0.25) is 0 Å². The van der Waals surface area contributed by atoms with E-state index in [0.29, 0.717) is 22.1 Å². The first-order valence-electron chi connectivity index (χ1n) is 13.6. The normalized spacial score (nSPS) is 18.4. The Morgan fingerprint density at radius 1 is 1.05 bits per heavy atom. The Balaban J connectivity index is 1.39. The first kappa shape index (κ1) is 27.0. The Kier molecular flexibility index (Phi) is 6.36. The van der Waals surface area contributed by atoms with Crippen LogP contribution in [0.15, 0.2) is 24.3 Å². The highest BCUT2D eigenvalue weighted by Crippen LogP contribution is 2.38. The second-order valence-electron chi connectivity index (χ2n) is 12.3. The molecule has 1 fully saturated rings. The summed E-state index contributed by atoms with van der Waals surface area (Å²) in [5.74, 6) is 1.52. The van der Waals surface area contributed by atoms with Crippen molar-refractivity contribution >= 4 is 56.5 Å². The molecule has 3 aromatic heterocycles. The molecule has 4 aromatic rings. The number of rotatable bonds is 3. The minimum atomic E-state index is -0.599. The number of pyridine rings is 1. The summed E-state index contributed by atoms with van der Waals surface area (Å²) in [7, 11) is -0.518. The third kappa shape index (κ3) is 4.93. The molecule has 0 atom stereocenters. The number of benzene rings is 1. The Hall–Kier alpha value is -3.22. The molecule has 6 rings (SSSR count). The smallest absolute Gasteiger partial charge is 0.491 e. The summed E-state index contributed by atoms with van der Waals surface area (Å²) in [5, 5.41) is 3.14. The molecule has 0 saturated carbocycles. The van der Waals surface area contributed by atoms with E-state index in [1.807, 2.05) is 72.7 Å². The van der Waals surface area contributed by atoms with E-state index in [-0.39, 0.29) is 0 Å². The second kappa shape index (κ2) is 9.42. The van der Waals surface area contributed by atoms with E-state index in [4.69, 9.17) is 28.8 Å². The molecule has 0 aliphatic carbocycles. The molecule has 210 valence electrons. The van der Waals surface area contributed by atoms with Crippen LogP contribution in [-0.4, -0.2) is 56.1 Å². The van der Waals surface area contributed by atoms with Gasteiger partial charge in [0.2, 0.25) is 0 Å². The number of aryl methyl sites for hydroxylation is 1. The maximum Gasteiger partial charge on any atom is 0.495 e. The van der Waals surface area contributed by atoms with Gasteiger partial charge in [0.15, 0.2) is 11.0 Å². The van der Waals surface area contributed by atoms with Gasteiger partial charge in [-0.3, -0.25) is 5.32 Å². The van der Waals surface area contributed by atoms with Crippen molar-refractivity contribution in [1.29, 1.82) is 0 Å². The van der Waals surface area contributed by atoms with E-state index in [1.54, 1.807) is 0 Å². The summed E-state index contributed by atoms with van der Waals surface area (Å²) in [6.45, 7) is 15.1. The topological polar surface area (TPSA) is 110 Å². The predicted molar refractivity (Wildman–Crippen MR) is 156 cm³/mol. The molecule has 0 bridgehead atoms. The number of hydrogen-bond acceptors (Lipinski definition) is 9. The van der Waals surface area contributed by atoms with Crippen molar-refractivity contribution in [2.45, 2.75) is 84.7 Å². The third-order valence-electron chi connectivity index (χ3n) is 7.48. The summed E-state index contributed by atoms with van der Waals surface area (Å²) in [5.41, 5.74) is 2.53. The number of nitrogens with one attached hydrogen (secondary N) is 1. The molecular weight excluding hydrogens is 529 g/mol. The molecule has 2 aliphatic rings. The number of fused-ring (bicyclic) bond motifs is 1. The van der Waals surface area contributed by atoms with Gasteiger partial charge in [-0.1, -0.05) is 11.3 Å². The number of carbonyl (C=O) groups is 1. The molecule has 0 spiro atoms. The van der Waals surface area contributed by atoms with Crippen molar-refractivity contribution in [3.05, 3.63) is 24.3 Å². The van der Waals surface area contributed by atoms with Crippen LogP contribution in [0, 0.1) is 0 Å². The van der Waals surface area contributed by atoms with E-state index >= 15 is 0 Å². The lowest BCUT2D eigenvalue weighted by molar-refractivity contribution is 0.00578. The van der Waals surface area contributed by atoms with Crippen molar-refractivity contribution in [2.24, 2.45) is 0 Å². The van der Waals surface area contributed by atoms with Crippen LogP contribution in [0.1, 0.15) is 61.3 Å². The van der Waals surface area contributed by atoms with Gasteiger partial charge in [0.05, 0.1) is 23.3 Å². The molecule has 0 unspecified atom stereocenters. The summed E-state index contributed by atoms with van der Waals surface area (Å²) in [4.78, 5) is 27.4. The largest absolute Gasteiger partial charge is 0.495 e. The molecule has 12 heteroatoms. The lowest BCUT2D eigenvalue weighted by atomic mass is 9.78. The van der Waals surface area contributed by atoms with Crippen molar-refractivity contribution in [3.63, 3.8) is 0 Å². The first-order chi connectivity index (χ1) is 18.8. The summed E-state index contributed by atoms with van der Waals surface area (Å²) in [6, 6.07) is 7.86. The van der Waals surface area contributed by atoms with Gasteiger partial charge in [-0.05, 0) is 91.0 Å². The number of anilines is 1. The Morgan fingerprint density at radius 3 is 2.52 bits per heavy atom. The average Bonchev–Trinajstić information content (AvgIpc) is 3.45. The standard InChI is InChI=1S/C28H34BN5O5S/c1-26(2,3)37-25(35)33-24-32-18-11-10-17(31-23(18)40-24)22-30-19-14-16(29-38-27(4,5)28(6,7)39-29)15-20-21(19)34(22)12-8-9-13-36-20/h10-11,14-15H,8-9,12-13H2,1-7H3,(H,32,33,35). The van der Waals surface area contributed by atoms with Crippen LogP contribution < -0.4 is 15.5 Å². The van der Waals surface area contributed by atoms with Crippen LogP contribution >= 0.6 is 11.3 Å². The van der Waals surface area contributed by atoms with Gasteiger partial charge in [-0.25, -0.2) is 19.7 Å². The molecule has 0 radical (unpaired) electrons. The Bertz CT molecular complexity index is 1610. The maximum atomic E-state index is 12.2. The number of carbonyl (C=O) groups excluding carboxylic acids is 1. The number of imidazole rings is 1. The molecule has 2 aliphatic heterocycles. The highest BCUT2D eigenvalue weighted by molar-refractivity contribution is 7.21. The van der Waals surface area contributed by atoms with Gasteiger partial charge in [-0.15, -0.1) is 0 Å². The molecule has 1 aromatic carbocycles. The minimum absolute atomic E-state index is 0.430. The van der Waals surface area contributed by atoms with Gasteiger partial charge in [-0.2, -0.15) is 0 Å². The van der Waals surface area contributed by atoms with Gasteiger partial charge in [0.1, 0.15) is 32.9 Å². The van der Waals surface area contributed by atoms with Crippen LogP contribution in [0.4, 0.5) is 9.93 Å². The highest BCUT2D eigenvalue weighted by atomic mass is 32.1. The van der Waals surface area contributed by atoms with Crippen LogP contribution in [0.5, 0.6) is 5.75 Å². The molecule has 1 saturated heterocycles. The fraction of sp³-hybridized carbons (Fsp3) is 0.500. The van der Waals surface area contributed by atoms with Gasteiger partial charge < -0.3 is 23.3 Å². The molecule has 10 nitrogen and oxygen atoms in total. The number of hydrogen-bond donors (Lipinski definition) is 1. The number of ether oxygens (including phenoxy) is 2. The summed E-state index contributed by atoms with van der Waals surface area (Å²) in [6.07, 6.45) is 1.34. The molecule has 1 amide bonds. The van der Waals surface area contributed by atoms with Gasteiger partial charge in [0.25, 0.3) is 0 Å². The lowest BCUT2D eigenvalue weighted by Crippen LogP contribution is -2.41. The minimum Gasteiger partial charge on any atom is -0.491 e. The maximum absolute atomic E-state index is 12.2. The fourth-order valence-electron chi connectivity index (χ4n) is 4.83. The third-order valence-corrected chi connectivity index (χ3v) is 8.36. The summed E-state index contributed by atoms with van der Waals surface area (Å²) < 4.78 is 26.4. The zero-order chi connectivity index (χ0) is 28.4. The second-order valence-corrected chi connectivity index (χ2v) is 13.3. The lowest BCUT2D eigenvalue weighted by Gasteiger charge is -2.32. The molecule has 5 heterocycles. The Morgan fingerprint density at radius 2 is 1.80 bits per heavy atom. The van der Waals surface area contributed by atoms with E-state index in [1.165, 1.54) is 11.3 Å². The quantitative estimate of drug-likeness (QED) is 0.324. The fourth-order valence-corrected chi connectivity index (χ4v) is 5.65. The van der Waals surface area contributed by atoms with E-state index in [0.717, 1.165) is 53.2 Å². The van der Waals surface area contributed by atoms with Crippen molar-refractivity contribution in [2.75, 3.05) is 11.9 Å². The van der Waals surface area contributed by atoms with Gasteiger partial charge in [0, 0.05) is 6.54 Å². The van der Waals surface area contributed by atoms with Crippen molar-refractivity contribution in [1.82, 2.24) is 19.5 Å². The zero-order valence-corrected chi connectivity index (χ0v) is 24.8. The van der Waals surface area contributed by atoms with E-state index < -0.39 is 30.0 Å². The number of nitrogens with zero attached hydrogens (tertiary/aromatic N) is 4.